The van der Waals surface area contributed by atoms with Crippen molar-refractivity contribution in [3.63, 3.8) is 0 Å². The van der Waals surface area contributed by atoms with E-state index in [0.717, 1.165) is 4.47 Å². The second-order valence-corrected chi connectivity index (χ2v) is 4.20. The molecule has 2 rings (SSSR count). The minimum atomic E-state index is -0.884. The molecule has 0 bridgehead atoms. The van der Waals surface area contributed by atoms with Crippen molar-refractivity contribution in [2.75, 3.05) is 6.79 Å². The molecule has 0 amide bonds. The third-order valence-electron chi connectivity index (χ3n) is 2.30. The van der Waals surface area contributed by atoms with Crippen LogP contribution in [0.5, 0.6) is 11.5 Å². The standard InChI is InChI=1S/C10H9BrO4/c1-5(10(12)13)7-2-6(11)3-8-9(7)15-4-14-8/h2-3,5H,4H2,1H3,(H,12,13). The van der Waals surface area contributed by atoms with Crippen LogP contribution in [0, 0.1) is 0 Å². The van der Waals surface area contributed by atoms with Gasteiger partial charge in [0.05, 0.1) is 5.92 Å². The summed E-state index contributed by atoms with van der Waals surface area (Å²) in [6.07, 6.45) is 0. The number of benzene rings is 1. The Kier molecular flexibility index (Phi) is 2.56. The molecular weight excluding hydrogens is 264 g/mol. The Labute approximate surface area is 94.9 Å². The number of rotatable bonds is 2. The second-order valence-electron chi connectivity index (χ2n) is 3.29. The third-order valence-corrected chi connectivity index (χ3v) is 2.76. The molecule has 0 spiro atoms. The van der Waals surface area contributed by atoms with Gasteiger partial charge in [-0.15, -0.1) is 0 Å². The average Bonchev–Trinajstić information content (AvgIpc) is 2.62. The number of carboxylic acids is 1. The van der Waals surface area contributed by atoms with Crippen molar-refractivity contribution < 1.29 is 19.4 Å². The fourth-order valence-electron chi connectivity index (χ4n) is 1.46. The predicted octanol–water partition coefficient (Wildman–Crippen LogP) is 2.37. The monoisotopic (exact) mass is 272 g/mol. The van der Waals surface area contributed by atoms with Crippen molar-refractivity contribution in [1.29, 1.82) is 0 Å². The lowest BCUT2D eigenvalue weighted by Crippen LogP contribution is -2.08. The molecule has 4 nitrogen and oxygen atoms in total. The molecule has 15 heavy (non-hydrogen) atoms. The van der Waals surface area contributed by atoms with Gasteiger partial charge in [-0.2, -0.15) is 0 Å². The number of aliphatic carboxylic acids is 1. The van der Waals surface area contributed by atoms with Crippen LogP contribution in [-0.4, -0.2) is 17.9 Å². The number of ether oxygens (including phenoxy) is 2. The van der Waals surface area contributed by atoms with E-state index >= 15 is 0 Å². The van der Waals surface area contributed by atoms with Crippen molar-refractivity contribution in [3.05, 3.63) is 22.2 Å². The fourth-order valence-corrected chi connectivity index (χ4v) is 1.91. The second kappa shape index (κ2) is 3.73. The summed E-state index contributed by atoms with van der Waals surface area (Å²) in [6, 6.07) is 3.51. The van der Waals surface area contributed by atoms with Gasteiger partial charge in [0.15, 0.2) is 11.5 Å². The summed E-state index contributed by atoms with van der Waals surface area (Å²) in [5.41, 5.74) is 0.629. The summed E-state index contributed by atoms with van der Waals surface area (Å²) < 4.78 is 11.2. The highest BCUT2D eigenvalue weighted by molar-refractivity contribution is 9.10. The van der Waals surface area contributed by atoms with Crippen LogP contribution in [0.2, 0.25) is 0 Å². The Hall–Kier alpha value is -1.23. The van der Waals surface area contributed by atoms with Crippen molar-refractivity contribution in [2.45, 2.75) is 12.8 Å². The zero-order valence-corrected chi connectivity index (χ0v) is 9.58. The third kappa shape index (κ3) is 1.79. The van der Waals surface area contributed by atoms with Gasteiger partial charge in [0.2, 0.25) is 6.79 Å². The summed E-state index contributed by atoms with van der Waals surface area (Å²) >= 11 is 3.30. The summed E-state index contributed by atoms with van der Waals surface area (Å²) in [7, 11) is 0. The molecule has 80 valence electrons. The van der Waals surface area contributed by atoms with Crippen molar-refractivity contribution in [1.82, 2.24) is 0 Å². The molecule has 1 aromatic carbocycles. The van der Waals surface area contributed by atoms with Gasteiger partial charge in [-0.05, 0) is 19.1 Å². The van der Waals surface area contributed by atoms with Crippen LogP contribution < -0.4 is 9.47 Å². The first-order valence-corrected chi connectivity index (χ1v) is 5.20. The minimum Gasteiger partial charge on any atom is -0.481 e. The summed E-state index contributed by atoms with van der Waals surface area (Å²) in [5.74, 6) is -0.371. The van der Waals surface area contributed by atoms with E-state index in [9.17, 15) is 4.79 Å². The number of hydrogen-bond acceptors (Lipinski definition) is 3. The van der Waals surface area contributed by atoms with Crippen molar-refractivity contribution >= 4 is 21.9 Å². The molecule has 1 aromatic rings. The molecule has 0 saturated heterocycles. The summed E-state index contributed by atoms with van der Waals surface area (Å²) in [6.45, 7) is 1.76. The van der Waals surface area contributed by atoms with Crippen LogP contribution >= 0.6 is 15.9 Å². The average molecular weight is 273 g/mol. The highest BCUT2D eigenvalue weighted by Crippen LogP contribution is 2.41. The van der Waals surface area contributed by atoms with E-state index in [0.29, 0.717) is 17.1 Å². The highest BCUT2D eigenvalue weighted by Gasteiger charge is 2.25. The zero-order chi connectivity index (χ0) is 11.0. The van der Waals surface area contributed by atoms with Crippen LogP contribution in [0.3, 0.4) is 0 Å². The Morgan fingerprint density at radius 2 is 2.27 bits per heavy atom. The maximum atomic E-state index is 10.9. The Balaban J connectivity index is 2.51. The quantitative estimate of drug-likeness (QED) is 0.898. The van der Waals surface area contributed by atoms with E-state index < -0.39 is 11.9 Å². The lowest BCUT2D eigenvalue weighted by molar-refractivity contribution is -0.138. The van der Waals surface area contributed by atoms with E-state index in [1.807, 2.05) is 0 Å². The van der Waals surface area contributed by atoms with Crippen LogP contribution in [0.4, 0.5) is 0 Å². The van der Waals surface area contributed by atoms with E-state index in [-0.39, 0.29) is 6.79 Å². The van der Waals surface area contributed by atoms with E-state index in [1.165, 1.54) is 0 Å². The van der Waals surface area contributed by atoms with Gasteiger partial charge >= 0.3 is 5.97 Å². The number of carbonyl (C=O) groups is 1. The Bertz CT molecular complexity index is 416. The molecule has 0 radical (unpaired) electrons. The predicted molar refractivity (Wildman–Crippen MR) is 56.3 cm³/mol. The molecule has 1 N–H and O–H groups in total. The molecular formula is C10H9BrO4. The lowest BCUT2D eigenvalue weighted by Gasteiger charge is -2.10. The van der Waals surface area contributed by atoms with Gasteiger partial charge in [-0.1, -0.05) is 15.9 Å². The first-order chi connectivity index (χ1) is 7.09. The maximum absolute atomic E-state index is 10.9. The molecule has 0 fully saturated rings. The van der Waals surface area contributed by atoms with Crippen LogP contribution in [0.1, 0.15) is 18.4 Å². The van der Waals surface area contributed by atoms with Gasteiger partial charge in [-0.25, -0.2) is 0 Å². The van der Waals surface area contributed by atoms with Crippen LogP contribution in [-0.2, 0) is 4.79 Å². The molecule has 0 aliphatic carbocycles. The highest BCUT2D eigenvalue weighted by atomic mass is 79.9. The molecule has 1 aliphatic heterocycles. The summed E-state index contributed by atoms with van der Waals surface area (Å²) in [5, 5.41) is 8.95. The van der Waals surface area contributed by atoms with E-state index in [2.05, 4.69) is 15.9 Å². The number of carboxylic acid groups (broad SMARTS) is 1. The normalized spacial score (nSPS) is 15.1. The van der Waals surface area contributed by atoms with Gasteiger partial charge in [0.25, 0.3) is 0 Å². The van der Waals surface area contributed by atoms with Gasteiger partial charge in [0.1, 0.15) is 0 Å². The molecule has 0 aromatic heterocycles. The zero-order valence-electron chi connectivity index (χ0n) is 7.99. The number of fused-ring (bicyclic) bond motifs is 1. The van der Waals surface area contributed by atoms with Crippen molar-refractivity contribution in [3.8, 4) is 11.5 Å². The largest absolute Gasteiger partial charge is 0.481 e. The first-order valence-electron chi connectivity index (χ1n) is 4.41. The van der Waals surface area contributed by atoms with E-state index in [1.54, 1.807) is 19.1 Å². The molecule has 1 aliphatic rings. The SMILES string of the molecule is CC(C(=O)O)c1cc(Br)cc2c1OCO2. The van der Waals surface area contributed by atoms with Gasteiger partial charge in [-0.3, -0.25) is 4.79 Å². The topological polar surface area (TPSA) is 55.8 Å². The fraction of sp³-hybridized carbons (Fsp3) is 0.300. The molecule has 1 heterocycles. The van der Waals surface area contributed by atoms with Crippen molar-refractivity contribution in [2.24, 2.45) is 0 Å². The summed E-state index contributed by atoms with van der Waals surface area (Å²) in [4.78, 5) is 10.9. The molecule has 1 atom stereocenters. The van der Waals surface area contributed by atoms with Gasteiger partial charge in [0, 0.05) is 10.0 Å². The Morgan fingerprint density at radius 1 is 1.53 bits per heavy atom. The van der Waals surface area contributed by atoms with Crippen LogP contribution in [0.15, 0.2) is 16.6 Å². The van der Waals surface area contributed by atoms with Crippen LogP contribution in [0.25, 0.3) is 0 Å². The number of halogens is 1. The molecule has 0 saturated carbocycles. The first kappa shape index (κ1) is 10.3. The van der Waals surface area contributed by atoms with Gasteiger partial charge < -0.3 is 14.6 Å². The number of hydrogen-bond donors (Lipinski definition) is 1. The lowest BCUT2D eigenvalue weighted by atomic mass is 10.00. The smallest absolute Gasteiger partial charge is 0.310 e. The maximum Gasteiger partial charge on any atom is 0.310 e. The Morgan fingerprint density at radius 3 is 2.93 bits per heavy atom. The molecule has 5 heteroatoms. The van der Waals surface area contributed by atoms with E-state index in [4.69, 9.17) is 14.6 Å². The minimum absolute atomic E-state index is 0.144. The molecule has 1 unspecified atom stereocenters.